The van der Waals surface area contributed by atoms with Crippen molar-refractivity contribution in [1.29, 1.82) is 0 Å². The van der Waals surface area contributed by atoms with Crippen molar-refractivity contribution in [3.05, 3.63) is 27.7 Å². The Hall–Kier alpha value is -1.07. The van der Waals surface area contributed by atoms with E-state index in [9.17, 15) is 9.59 Å². The summed E-state index contributed by atoms with van der Waals surface area (Å²) in [6.45, 7) is 0.0412. The second kappa shape index (κ2) is 5.04. The largest absolute Gasteiger partial charge is 0.340 e. The summed E-state index contributed by atoms with van der Waals surface area (Å²) in [5.41, 5.74) is -0.0551. The van der Waals surface area contributed by atoms with E-state index in [4.69, 9.17) is 11.6 Å². The van der Waals surface area contributed by atoms with Crippen molar-refractivity contribution < 1.29 is 9.59 Å². The lowest BCUT2D eigenvalue weighted by atomic mass is 9.92. The van der Waals surface area contributed by atoms with Crippen LogP contribution in [0.1, 0.15) is 25.7 Å². The van der Waals surface area contributed by atoms with Gasteiger partial charge in [0.1, 0.15) is 12.1 Å². The van der Waals surface area contributed by atoms with Gasteiger partial charge >= 0.3 is 0 Å². The number of piperazine rings is 1. The molecule has 20 heavy (non-hydrogen) atoms. The zero-order chi connectivity index (χ0) is 14.3. The highest BCUT2D eigenvalue weighted by Gasteiger charge is 2.48. The Balaban J connectivity index is 2.02. The second-order valence-electron chi connectivity index (χ2n) is 5.30. The van der Waals surface area contributed by atoms with Crippen LogP contribution in [0.2, 0.25) is 5.02 Å². The van der Waals surface area contributed by atoms with E-state index in [0.717, 1.165) is 12.8 Å². The molecule has 1 aromatic carbocycles. The number of rotatable bonds is 1. The molecule has 1 aliphatic carbocycles. The van der Waals surface area contributed by atoms with Crippen LogP contribution in [0.3, 0.4) is 0 Å². The normalized spacial score (nSPS) is 21.4. The van der Waals surface area contributed by atoms with Gasteiger partial charge in [0.2, 0.25) is 5.91 Å². The second-order valence-corrected chi connectivity index (χ2v) is 6.50. The molecule has 2 aliphatic rings. The van der Waals surface area contributed by atoms with Crippen molar-refractivity contribution in [3.63, 3.8) is 0 Å². The minimum Gasteiger partial charge on any atom is -0.340 e. The summed E-state index contributed by atoms with van der Waals surface area (Å²) in [5, 5.41) is 3.43. The topological polar surface area (TPSA) is 49.4 Å². The van der Waals surface area contributed by atoms with Gasteiger partial charge < -0.3 is 5.32 Å². The van der Waals surface area contributed by atoms with Crippen molar-refractivity contribution in [1.82, 2.24) is 5.32 Å². The number of hydrogen-bond donors (Lipinski definition) is 1. The summed E-state index contributed by atoms with van der Waals surface area (Å²) in [5.74, 6) is -0.143. The molecular formula is C14H14BrClN2O2. The van der Waals surface area contributed by atoms with Crippen LogP contribution in [0, 0.1) is 0 Å². The van der Waals surface area contributed by atoms with E-state index in [1.165, 1.54) is 0 Å². The fourth-order valence-electron chi connectivity index (χ4n) is 3.05. The number of carbonyl (C=O) groups excluding carboxylic acids is 2. The molecule has 0 atom stereocenters. The van der Waals surface area contributed by atoms with Gasteiger partial charge in [0.15, 0.2) is 0 Å². The van der Waals surface area contributed by atoms with E-state index in [1.54, 1.807) is 23.1 Å². The molecule has 1 spiro atoms. The monoisotopic (exact) mass is 356 g/mol. The lowest BCUT2D eigenvalue weighted by Crippen LogP contribution is -2.65. The number of benzene rings is 1. The summed E-state index contributed by atoms with van der Waals surface area (Å²) >= 11 is 9.49. The maximum Gasteiger partial charge on any atom is 0.253 e. The number of anilines is 1. The van der Waals surface area contributed by atoms with E-state index >= 15 is 0 Å². The Bertz CT molecular complexity index is 585. The van der Waals surface area contributed by atoms with Crippen molar-refractivity contribution in [2.24, 2.45) is 0 Å². The summed E-state index contributed by atoms with van der Waals surface area (Å²) in [6.07, 6.45) is 3.37. The van der Waals surface area contributed by atoms with Crippen LogP contribution in [0.15, 0.2) is 22.7 Å². The predicted molar refractivity (Wildman–Crippen MR) is 80.8 cm³/mol. The molecule has 0 aromatic heterocycles. The highest BCUT2D eigenvalue weighted by Crippen LogP contribution is 2.38. The first-order valence-corrected chi connectivity index (χ1v) is 7.78. The highest BCUT2D eigenvalue weighted by atomic mass is 79.9. The molecule has 1 saturated heterocycles. The quantitative estimate of drug-likeness (QED) is 0.840. The van der Waals surface area contributed by atoms with Crippen LogP contribution in [-0.2, 0) is 9.59 Å². The lowest BCUT2D eigenvalue weighted by Gasteiger charge is -2.40. The molecule has 1 aliphatic heterocycles. The fourth-order valence-corrected chi connectivity index (χ4v) is 3.69. The Kier molecular flexibility index (Phi) is 3.50. The minimum absolute atomic E-state index is 0.0300. The minimum atomic E-state index is -0.711. The number of nitrogens with zero attached hydrogens (tertiary/aromatic N) is 1. The summed E-state index contributed by atoms with van der Waals surface area (Å²) < 4.78 is 0.651. The SMILES string of the molecule is O=C1CN(c2cccc(Cl)c2Br)C(=O)C2(CCCC2)N1. The molecule has 4 nitrogen and oxygen atoms in total. The van der Waals surface area contributed by atoms with Crippen molar-refractivity contribution >= 4 is 45.0 Å². The Morgan fingerprint density at radius 3 is 2.65 bits per heavy atom. The molecule has 0 bridgehead atoms. The molecular weight excluding hydrogens is 344 g/mol. The standard InChI is InChI=1S/C14H14BrClN2O2/c15-12-9(16)4-3-5-10(12)18-8-11(19)17-14(13(18)20)6-1-2-7-14/h3-5H,1-2,6-8H2,(H,17,19). The maximum absolute atomic E-state index is 12.8. The molecule has 2 amide bonds. The molecule has 1 saturated carbocycles. The molecule has 1 N–H and O–H groups in total. The Morgan fingerprint density at radius 2 is 1.95 bits per heavy atom. The van der Waals surface area contributed by atoms with E-state index in [1.807, 2.05) is 0 Å². The van der Waals surface area contributed by atoms with E-state index in [-0.39, 0.29) is 18.4 Å². The number of halogens is 2. The molecule has 1 heterocycles. The average Bonchev–Trinajstić information content (AvgIpc) is 2.87. The first-order valence-electron chi connectivity index (χ1n) is 6.60. The number of carbonyl (C=O) groups is 2. The average molecular weight is 358 g/mol. The van der Waals surface area contributed by atoms with Crippen LogP contribution < -0.4 is 10.2 Å². The van der Waals surface area contributed by atoms with Gasteiger partial charge in [-0.2, -0.15) is 0 Å². The predicted octanol–water partition coefficient (Wildman–Crippen LogP) is 2.88. The summed E-state index contributed by atoms with van der Waals surface area (Å²) in [6, 6.07) is 5.33. The van der Waals surface area contributed by atoms with Gasteiger partial charge in [0, 0.05) is 0 Å². The number of hydrogen-bond acceptors (Lipinski definition) is 2. The van der Waals surface area contributed by atoms with Gasteiger partial charge in [0.05, 0.1) is 15.2 Å². The number of amides is 2. The summed E-state index contributed by atoms with van der Waals surface area (Å²) in [4.78, 5) is 26.3. The lowest BCUT2D eigenvalue weighted by molar-refractivity contribution is -0.135. The van der Waals surface area contributed by atoms with E-state index in [2.05, 4.69) is 21.2 Å². The van der Waals surface area contributed by atoms with E-state index < -0.39 is 5.54 Å². The third kappa shape index (κ3) is 2.13. The molecule has 1 aromatic rings. The van der Waals surface area contributed by atoms with Crippen LogP contribution in [-0.4, -0.2) is 23.9 Å². The first kappa shape index (κ1) is 13.9. The Morgan fingerprint density at radius 1 is 1.25 bits per heavy atom. The molecule has 6 heteroatoms. The van der Waals surface area contributed by atoms with Gasteiger partial charge in [-0.05, 0) is 40.9 Å². The molecule has 2 fully saturated rings. The zero-order valence-electron chi connectivity index (χ0n) is 10.8. The van der Waals surface area contributed by atoms with Crippen LogP contribution in [0.5, 0.6) is 0 Å². The third-order valence-corrected chi connectivity index (χ3v) is 5.39. The van der Waals surface area contributed by atoms with Crippen molar-refractivity contribution in [2.45, 2.75) is 31.2 Å². The smallest absolute Gasteiger partial charge is 0.253 e. The molecule has 106 valence electrons. The van der Waals surface area contributed by atoms with Crippen LogP contribution in [0.4, 0.5) is 5.69 Å². The van der Waals surface area contributed by atoms with E-state index in [0.29, 0.717) is 28.0 Å². The van der Waals surface area contributed by atoms with Gasteiger partial charge in [-0.15, -0.1) is 0 Å². The summed E-state index contributed by atoms with van der Waals surface area (Å²) in [7, 11) is 0. The first-order chi connectivity index (χ1) is 9.53. The fraction of sp³-hybridized carbons (Fsp3) is 0.429. The van der Waals surface area contributed by atoms with Gasteiger partial charge in [-0.3, -0.25) is 14.5 Å². The Labute approximate surface area is 130 Å². The molecule has 3 rings (SSSR count). The number of nitrogens with one attached hydrogen (secondary N) is 1. The highest BCUT2D eigenvalue weighted by molar-refractivity contribution is 9.10. The molecule has 0 radical (unpaired) electrons. The third-order valence-electron chi connectivity index (χ3n) is 4.01. The van der Waals surface area contributed by atoms with Crippen LogP contribution in [0.25, 0.3) is 0 Å². The van der Waals surface area contributed by atoms with Crippen LogP contribution >= 0.6 is 27.5 Å². The zero-order valence-corrected chi connectivity index (χ0v) is 13.1. The van der Waals surface area contributed by atoms with Crippen molar-refractivity contribution in [3.8, 4) is 0 Å². The van der Waals surface area contributed by atoms with Gasteiger partial charge in [-0.1, -0.05) is 30.5 Å². The van der Waals surface area contributed by atoms with Gasteiger partial charge in [0.25, 0.3) is 5.91 Å². The maximum atomic E-state index is 12.8. The van der Waals surface area contributed by atoms with Crippen molar-refractivity contribution in [2.75, 3.05) is 11.4 Å². The van der Waals surface area contributed by atoms with Gasteiger partial charge in [-0.25, -0.2) is 0 Å². The molecule has 0 unspecified atom stereocenters.